The lowest BCUT2D eigenvalue weighted by Crippen LogP contribution is -2.10. The van der Waals surface area contributed by atoms with E-state index in [1.807, 2.05) is 18.2 Å². The quantitative estimate of drug-likeness (QED) is 0.682. The molecular weight excluding hydrogens is 162 g/mol. The predicted molar refractivity (Wildman–Crippen MR) is 51.9 cm³/mol. The van der Waals surface area contributed by atoms with Crippen molar-refractivity contribution in [3.8, 4) is 0 Å². The number of likely N-dealkylation sites (tertiary alicyclic amines) is 1. The van der Waals surface area contributed by atoms with Gasteiger partial charge in [0.15, 0.2) is 0 Å². The second-order valence-electron chi connectivity index (χ2n) is 3.21. The van der Waals surface area contributed by atoms with Crippen molar-refractivity contribution in [1.82, 2.24) is 15.1 Å². The van der Waals surface area contributed by atoms with E-state index in [1.165, 1.54) is 25.9 Å². The van der Waals surface area contributed by atoms with Gasteiger partial charge in [-0.05, 0) is 31.1 Å². The first-order valence-electron chi connectivity index (χ1n) is 4.65. The molecule has 0 spiro atoms. The van der Waals surface area contributed by atoms with Gasteiger partial charge in [0.25, 0.3) is 0 Å². The number of nitrogens with zero attached hydrogens (tertiary/aromatic N) is 3. The molecule has 1 aromatic heterocycles. The Bertz CT molecular complexity index is 275. The highest BCUT2D eigenvalue weighted by Gasteiger charge is 2.05. The van der Waals surface area contributed by atoms with Crippen LogP contribution in [0.15, 0.2) is 24.5 Å². The fourth-order valence-electron chi connectivity index (χ4n) is 1.47. The summed E-state index contributed by atoms with van der Waals surface area (Å²) in [5.74, 6) is 0. The molecule has 68 valence electrons. The number of hydrogen-bond donors (Lipinski definition) is 0. The highest BCUT2D eigenvalue weighted by Crippen LogP contribution is 2.08. The van der Waals surface area contributed by atoms with Gasteiger partial charge in [0.05, 0.1) is 5.69 Å². The average Bonchev–Trinajstić information content (AvgIpc) is 2.69. The molecule has 1 aromatic rings. The van der Waals surface area contributed by atoms with Gasteiger partial charge in [-0.3, -0.25) is 0 Å². The van der Waals surface area contributed by atoms with Crippen LogP contribution < -0.4 is 0 Å². The van der Waals surface area contributed by atoms with Gasteiger partial charge in [0.1, 0.15) is 0 Å². The summed E-state index contributed by atoms with van der Waals surface area (Å²) in [6.07, 6.45) is 8.43. The molecule has 1 aliphatic heterocycles. The molecule has 3 heteroatoms. The zero-order chi connectivity index (χ0) is 8.93. The van der Waals surface area contributed by atoms with Gasteiger partial charge >= 0.3 is 0 Å². The topological polar surface area (TPSA) is 29.0 Å². The Morgan fingerprint density at radius 1 is 1.31 bits per heavy atom. The number of aromatic nitrogens is 2. The average molecular weight is 175 g/mol. The molecular formula is C10H13N3. The van der Waals surface area contributed by atoms with Gasteiger partial charge < -0.3 is 4.90 Å². The summed E-state index contributed by atoms with van der Waals surface area (Å²) in [5.41, 5.74) is 0.925. The van der Waals surface area contributed by atoms with Crippen molar-refractivity contribution < 1.29 is 0 Å². The molecule has 1 fully saturated rings. The summed E-state index contributed by atoms with van der Waals surface area (Å²) < 4.78 is 0. The van der Waals surface area contributed by atoms with Crippen molar-refractivity contribution in [3.63, 3.8) is 0 Å². The monoisotopic (exact) mass is 175 g/mol. The third-order valence-electron chi connectivity index (χ3n) is 2.19. The van der Waals surface area contributed by atoms with Crippen LogP contribution in [0.2, 0.25) is 0 Å². The standard InChI is InChI=1S/C10H13N3/c1-2-8-13(7-1)9-5-10-4-3-6-11-12-10/h3-6,9H,1-2,7-8H2. The van der Waals surface area contributed by atoms with Crippen LogP contribution in [0.5, 0.6) is 0 Å². The summed E-state index contributed by atoms with van der Waals surface area (Å²) in [6.45, 7) is 2.35. The summed E-state index contributed by atoms with van der Waals surface area (Å²) >= 11 is 0. The lowest BCUT2D eigenvalue weighted by molar-refractivity contribution is 0.471. The zero-order valence-electron chi connectivity index (χ0n) is 7.56. The van der Waals surface area contributed by atoms with Crippen LogP contribution in [0.3, 0.4) is 0 Å². The lowest BCUT2D eigenvalue weighted by atomic mass is 10.4. The third kappa shape index (κ3) is 2.28. The van der Waals surface area contributed by atoms with Crippen molar-refractivity contribution in [3.05, 3.63) is 30.2 Å². The van der Waals surface area contributed by atoms with Crippen LogP contribution >= 0.6 is 0 Å². The minimum atomic E-state index is 0.925. The highest BCUT2D eigenvalue weighted by molar-refractivity contribution is 5.42. The van der Waals surface area contributed by atoms with Crippen molar-refractivity contribution in [1.29, 1.82) is 0 Å². The van der Waals surface area contributed by atoms with Crippen molar-refractivity contribution in [2.75, 3.05) is 13.1 Å². The molecule has 3 nitrogen and oxygen atoms in total. The predicted octanol–water partition coefficient (Wildman–Crippen LogP) is 1.54. The lowest BCUT2D eigenvalue weighted by Gasteiger charge is -2.09. The number of rotatable bonds is 2. The van der Waals surface area contributed by atoms with Gasteiger partial charge in [0, 0.05) is 25.5 Å². The third-order valence-corrected chi connectivity index (χ3v) is 2.19. The summed E-state index contributed by atoms with van der Waals surface area (Å²) in [4.78, 5) is 2.31. The summed E-state index contributed by atoms with van der Waals surface area (Å²) in [6, 6.07) is 3.86. The van der Waals surface area contributed by atoms with Crippen molar-refractivity contribution in [2.24, 2.45) is 0 Å². The minimum Gasteiger partial charge on any atom is -0.377 e. The van der Waals surface area contributed by atoms with Crippen LogP contribution in [-0.4, -0.2) is 28.2 Å². The van der Waals surface area contributed by atoms with Crippen LogP contribution in [0.25, 0.3) is 6.08 Å². The van der Waals surface area contributed by atoms with E-state index in [0.29, 0.717) is 0 Å². The SMILES string of the molecule is C(=CN1CCCC1)c1cccnn1. The molecule has 1 aliphatic rings. The Hall–Kier alpha value is -1.38. The highest BCUT2D eigenvalue weighted by atomic mass is 15.1. The smallest absolute Gasteiger partial charge is 0.0871 e. The van der Waals surface area contributed by atoms with E-state index in [2.05, 4.69) is 21.3 Å². The first-order valence-corrected chi connectivity index (χ1v) is 4.65. The first kappa shape index (κ1) is 8.23. The van der Waals surface area contributed by atoms with Gasteiger partial charge in [-0.1, -0.05) is 0 Å². The Morgan fingerprint density at radius 3 is 2.85 bits per heavy atom. The van der Waals surface area contributed by atoms with E-state index < -0.39 is 0 Å². The van der Waals surface area contributed by atoms with E-state index in [1.54, 1.807) is 6.20 Å². The Balaban J connectivity index is 1.97. The van der Waals surface area contributed by atoms with Crippen LogP contribution in [-0.2, 0) is 0 Å². The van der Waals surface area contributed by atoms with E-state index >= 15 is 0 Å². The van der Waals surface area contributed by atoms with Gasteiger partial charge in [-0.25, -0.2) is 0 Å². The molecule has 0 saturated carbocycles. The van der Waals surface area contributed by atoms with Crippen LogP contribution in [0.4, 0.5) is 0 Å². The van der Waals surface area contributed by atoms with E-state index in [9.17, 15) is 0 Å². The number of hydrogen-bond acceptors (Lipinski definition) is 3. The maximum atomic E-state index is 3.98. The Morgan fingerprint density at radius 2 is 2.15 bits per heavy atom. The molecule has 0 atom stereocenters. The molecule has 0 bridgehead atoms. The van der Waals surface area contributed by atoms with Crippen molar-refractivity contribution >= 4 is 6.08 Å². The zero-order valence-corrected chi connectivity index (χ0v) is 7.56. The molecule has 0 amide bonds. The molecule has 0 N–H and O–H groups in total. The van der Waals surface area contributed by atoms with E-state index in [4.69, 9.17) is 0 Å². The molecule has 2 heterocycles. The summed E-state index contributed by atoms with van der Waals surface area (Å²) in [5, 5.41) is 7.79. The second-order valence-corrected chi connectivity index (χ2v) is 3.21. The fraction of sp³-hybridized carbons (Fsp3) is 0.400. The molecule has 0 aliphatic carbocycles. The normalized spacial score (nSPS) is 17.1. The fourth-order valence-corrected chi connectivity index (χ4v) is 1.47. The Labute approximate surface area is 78.1 Å². The second kappa shape index (κ2) is 4.03. The van der Waals surface area contributed by atoms with E-state index in [0.717, 1.165) is 5.69 Å². The van der Waals surface area contributed by atoms with Gasteiger partial charge in [0.2, 0.25) is 0 Å². The molecule has 0 radical (unpaired) electrons. The summed E-state index contributed by atoms with van der Waals surface area (Å²) in [7, 11) is 0. The van der Waals surface area contributed by atoms with Crippen LogP contribution in [0, 0.1) is 0 Å². The molecule has 13 heavy (non-hydrogen) atoms. The molecule has 2 rings (SSSR count). The van der Waals surface area contributed by atoms with E-state index in [-0.39, 0.29) is 0 Å². The largest absolute Gasteiger partial charge is 0.377 e. The molecule has 0 aromatic carbocycles. The molecule has 0 unspecified atom stereocenters. The van der Waals surface area contributed by atoms with Gasteiger partial charge in [-0.15, -0.1) is 0 Å². The maximum absolute atomic E-state index is 3.98. The van der Waals surface area contributed by atoms with Crippen LogP contribution in [0.1, 0.15) is 18.5 Å². The maximum Gasteiger partial charge on any atom is 0.0871 e. The first-order chi connectivity index (χ1) is 6.45. The molecule has 1 saturated heterocycles. The van der Waals surface area contributed by atoms with Gasteiger partial charge in [-0.2, -0.15) is 10.2 Å². The minimum absolute atomic E-state index is 0.925. The Kier molecular flexibility index (Phi) is 2.55. The van der Waals surface area contributed by atoms with Crippen molar-refractivity contribution in [2.45, 2.75) is 12.8 Å².